The summed E-state index contributed by atoms with van der Waals surface area (Å²) in [5, 5.41) is 5.92. The Morgan fingerprint density at radius 2 is 1.77 bits per heavy atom. The molecule has 1 aliphatic carbocycles. The lowest BCUT2D eigenvalue weighted by molar-refractivity contribution is -0.137. The SMILES string of the molecule is CN(C)c1ccnc(NC2CCC(NC(=O)c3cc(C(F)(F)F)ccc3F)CC2)n1. The van der Waals surface area contributed by atoms with Gasteiger partial charge in [-0.05, 0) is 49.9 Å². The van der Waals surface area contributed by atoms with Crippen molar-refractivity contribution in [2.45, 2.75) is 43.9 Å². The smallest absolute Gasteiger partial charge is 0.363 e. The van der Waals surface area contributed by atoms with Gasteiger partial charge in [0.05, 0.1) is 11.1 Å². The van der Waals surface area contributed by atoms with E-state index < -0.39 is 29.0 Å². The number of nitrogens with zero attached hydrogens (tertiary/aromatic N) is 3. The molecular weight excluding hydrogens is 402 g/mol. The van der Waals surface area contributed by atoms with E-state index in [0.717, 1.165) is 5.82 Å². The summed E-state index contributed by atoms with van der Waals surface area (Å²) < 4.78 is 52.4. The molecule has 0 atom stereocenters. The second kappa shape index (κ2) is 8.85. The van der Waals surface area contributed by atoms with E-state index in [1.165, 1.54) is 0 Å². The van der Waals surface area contributed by atoms with E-state index in [1.807, 2.05) is 19.0 Å². The first-order valence-electron chi connectivity index (χ1n) is 9.58. The summed E-state index contributed by atoms with van der Waals surface area (Å²) in [5.41, 5.74) is -1.65. The maximum atomic E-state index is 13.9. The maximum absolute atomic E-state index is 13.9. The van der Waals surface area contributed by atoms with E-state index >= 15 is 0 Å². The Balaban J connectivity index is 1.56. The third kappa shape index (κ3) is 5.37. The van der Waals surface area contributed by atoms with Crippen molar-refractivity contribution in [2.75, 3.05) is 24.3 Å². The molecule has 0 radical (unpaired) electrons. The van der Waals surface area contributed by atoms with Gasteiger partial charge < -0.3 is 15.5 Å². The number of carbonyl (C=O) groups excluding carboxylic acids is 1. The molecule has 30 heavy (non-hydrogen) atoms. The molecule has 1 fully saturated rings. The predicted molar refractivity (Wildman–Crippen MR) is 105 cm³/mol. The molecule has 2 aromatic rings. The van der Waals surface area contributed by atoms with Crippen molar-refractivity contribution >= 4 is 17.7 Å². The molecule has 1 aromatic carbocycles. The zero-order valence-corrected chi connectivity index (χ0v) is 16.6. The highest BCUT2D eigenvalue weighted by molar-refractivity contribution is 5.94. The summed E-state index contributed by atoms with van der Waals surface area (Å²) in [6, 6.07) is 3.51. The normalized spacial score (nSPS) is 19.3. The first kappa shape index (κ1) is 21.8. The fourth-order valence-corrected chi connectivity index (χ4v) is 3.37. The second-order valence-corrected chi connectivity index (χ2v) is 7.49. The van der Waals surface area contributed by atoms with Gasteiger partial charge in [0.25, 0.3) is 5.91 Å². The number of alkyl halides is 3. The number of nitrogens with one attached hydrogen (secondary N) is 2. The van der Waals surface area contributed by atoms with Crippen molar-refractivity contribution in [2.24, 2.45) is 0 Å². The van der Waals surface area contributed by atoms with Gasteiger partial charge in [-0.1, -0.05) is 0 Å². The summed E-state index contributed by atoms with van der Waals surface area (Å²) >= 11 is 0. The van der Waals surface area contributed by atoms with Crippen molar-refractivity contribution in [3.63, 3.8) is 0 Å². The third-order valence-corrected chi connectivity index (χ3v) is 5.03. The average molecular weight is 425 g/mol. The van der Waals surface area contributed by atoms with Crippen molar-refractivity contribution in [1.82, 2.24) is 15.3 Å². The molecule has 2 N–H and O–H groups in total. The lowest BCUT2D eigenvalue weighted by atomic mass is 9.91. The van der Waals surface area contributed by atoms with Gasteiger partial charge in [-0.25, -0.2) is 9.37 Å². The summed E-state index contributed by atoms with van der Waals surface area (Å²) in [4.78, 5) is 22.8. The van der Waals surface area contributed by atoms with Gasteiger partial charge in [0, 0.05) is 32.4 Å². The Kier molecular flexibility index (Phi) is 6.42. The van der Waals surface area contributed by atoms with Crippen molar-refractivity contribution in [3.8, 4) is 0 Å². The number of amides is 1. The molecule has 0 aliphatic heterocycles. The van der Waals surface area contributed by atoms with Gasteiger partial charge in [0.1, 0.15) is 11.6 Å². The monoisotopic (exact) mass is 425 g/mol. The highest BCUT2D eigenvalue weighted by atomic mass is 19.4. The predicted octanol–water partition coefficient (Wildman–Crippen LogP) is 3.85. The van der Waals surface area contributed by atoms with Gasteiger partial charge in [-0.2, -0.15) is 18.2 Å². The third-order valence-electron chi connectivity index (χ3n) is 5.03. The molecule has 0 bridgehead atoms. The number of rotatable bonds is 5. The van der Waals surface area contributed by atoms with E-state index in [-0.39, 0.29) is 12.1 Å². The van der Waals surface area contributed by atoms with Gasteiger partial charge >= 0.3 is 6.18 Å². The van der Waals surface area contributed by atoms with E-state index in [2.05, 4.69) is 20.6 Å². The van der Waals surface area contributed by atoms with Crippen LogP contribution in [0.2, 0.25) is 0 Å². The largest absolute Gasteiger partial charge is 0.416 e. The van der Waals surface area contributed by atoms with Gasteiger partial charge in [0.15, 0.2) is 0 Å². The van der Waals surface area contributed by atoms with E-state index in [9.17, 15) is 22.4 Å². The fraction of sp³-hybridized carbons (Fsp3) is 0.450. The highest BCUT2D eigenvalue weighted by Crippen LogP contribution is 2.30. The van der Waals surface area contributed by atoms with Crippen molar-refractivity contribution < 1.29 is 22.4 Å². The van der Waals surface area contributed by atoms with Crippen LogP contribution in [-0.4, -0.2) is 42.1 Å². The van der Waals surface area contributed by atoms with Crippen LogP contribution in [0, 0.1) is 5.82 Å². The quantitative estimate of drug-likeness (QED) is 0.712. The Bertz CT molecular complexity index is 895. The first-order chi connectivity index (χ1) is 14.1. The van der Waals surface area contributed by atoms with E-state index in [1.54, 1.807) is 12.3 Å². The molecule has 0 saturated heterocycles. The fourth-order valence-electron chi connectivity index (χ4n) is 3.37. The highest BCUT2D eigenvalue weighted by Gasteiger charge is 2.32. The van der Waals surface area contributed by atoms with Crippen LogP contribution in [0.25, 0.3) is 0 Å². The number of carbonyl (C=O) groups is 1. The molecule has 10 heteroatoms. The van der Waals surface area contributed by atoms with Crippen LogP contribution in [0.3, 0.4) is 0 Å². The summed E-state index contributed by atoms with van der Waals surface area (Å²) in [6.07, 6.45) is -0.329. The van der Waals surface area contributed by atoms with Crippen LogP contribution in [0.15, 0.2) is 30.5 Å². The van der Waals surface area contributed by atoms with Crippen molar-refractivity contribution in [3.05, 3.63) is 47.4 Å². The Morgan fingerprint density at radius 1 is 1.10 bits per heavy atom. The molecule has 3 rings (SSSR count). The van der Waals surface area contributed by atoms with E-state index in [0.29, 0.717) is 49.8 Å². The molecule has 1 saturated carbocycles. The Labute approximate surface area is 171 Å². The standard InChI is InChI=1S/C20H23F4N5O/c1-29(2)17-9-10-25-19(28-17)27-14-6-4-13(5-7-14)26-18(30)15-11-12(20(22,23)24)3-8-16(15)21/h3,8-11,13-14H,4-7H2,1-2H3,(H,26,30)(H,25,27,28). The lowest BCUT2D eigenvalue weighted by Crippen LogP contribution is -2.40. The number of aromatic nitrogens is 2. The molecule has 0 unspecified atom stereocenters. The topological polar surface area (TPSA) is 70.2 Å². The average Bonchev–Trinajstić information content (AvgIpc) is 2.69. The molecule has 6 nitrogen and oxygen atoms in total. The first-order valence-corrected chi connectivity index (χ1v) is 9.58. The lowest BCUT2D eigenvalue weighted by Gasteiger charge is -2.30. The Hall–Kier alpha value is -2.91. The van der Waals surface area contributed by atoms with Crippen LogP contribution in [0.1, 0.15) is 41.6 Å². The minimum Gasteiger partial charge on any atom is -0.363 e. The number of anilines is 2. The zero-order valence-electron chi connectivity index (χ0n) is 16.6. The summed E-state index contributed by atoms with van der Waals surface area (Å²) in [5.74, 6) is -0.526. The molecule has 1 heterocycles. The minimum atomic E-state index is -4.64. The Morgan fingerprint density at radius 3 is 2.40 bits per heavy atom. The van der Waals surface area contributed by atoms with Crippen molar-refractivity contribution in [1.29, 1.82) is 0 Å². The molecule has 1 amide bonds. The molecule has 1 aliphatic rings. The number of benzene rings is 1. The maximum Gasteiger partial charge on any atom is 0.416 e. The second-order valence-electron chi connectivity index (χ2n) is 7.49. The molecule has 162 valence electrons. The van der Waals surface area contributed by atoms with Crippen LogP contribution in [0.4, 0.5) is 29.3 Å². The summed E-state index contributed by atoms with van der Waals surface area (Å²) in [7, 11) is 3.76. The van der Waals surface area contributed by atoms with Crippen LogP contribution in [0.5, 0.6) is 0 Å². The molecular formula is C20H23F4N5O. The van der Waals surface area contributed by atoms with E-state index in [4.69, 9.17) is 0 Å². The van der Waals surface area contributed by atoms with Crippen LogP contribution in [-0.2, 0) is 6.18 Å². The van der Waals surface area contributed by atoms with Gasteiger partial charge in [-0.15, -0.1) is 0 Å². The minimum absolute atomic E-state index is 0.112. The van der Waals surface area contributed by atoms with Crippen LogP contribution >= 0.6 is 0 Å². The number of halogens is 4. The molecule has 0 spiro atoms. The van der Waals surface area contributed by atoms with Gasteiger partial charge in [-0.3, -0.25) is 4.79 Å². The summed E-state index contributed by atoms with van der Waals surface area (Å²) in [6.45, 7) is 0. The van der Waals surface area contributed by atoms with Crippen LogP contribution < -0.4 is 15.5 Å². The number of hydrogen-bond acceptors (Lipinski definition) is 5. The molecule has 1 aromatic heterocycles. The number of hydrogen-bond donors (Lipinski definition) is 2. The van der Waals surface area contributed by atoms with Gasteiger partial charge in [0.2, 0.25) is 5.95 Å². The zero-order chi connectivity index (χ0) is 21.9.